The van der Waals surface area contributed by atoms with Crippen molar-refractivity contribution in [3.05, 3.63) is 46.7 Å². The van der Waals surface area contributed by atoms with Gasteiger partial charge in [0.1, 0.15) is 12.4 Å². The molecule has 8 heteroatoms. The maximum atomic E-state index is 12.2. The number of hydrogen-bond donors (Lipinski definition) is 3. The molecular formula is C15H16F2N2O3S. The van der Waals surface area contributed by atoms with Gasteiger partial charge in [-0.1, -0.05) is 12.1 Å². The molecule has 1 aromatic heterocycles. The number of amides is 2. The molecule has 1 heterocycles. The van der Waals surface area contributed by atoms with Gasteiger partial charge in [0.25, 0.3) is 6.43 Å². The van der Waals surface area contributed by atoms with Crippen LogP contribution in [0.3, 0.4) is 0 Å². The summed E-state index contributed by atoms with van der Waals surface area (Å²) in [6.45, 7) is -0.722. The Morgan fingerprint density at radius 1 is 1.30 bits per heavy atom. The van der Waals surface area contributed by atoms with Crippen molar-refractivity contribution in [1.82, 2.24) is 5.32 Å². The molecule has 0 aliphatic heterocycles. The standard InChI is InChI=1S/C15H16F2N2O3S/c16-14(17)8-22-13-4-2-1-3-11(13)19-15(21)18-7-12(20)10-5-6-23-9-10/h1-6,9,12,14,20H,7-8H2,(H2,18,19,21). The first-order valence-electron chi connectivity index (χ1n) is 6.81. The molecule has 5 nitrogen and oxygen atoms in total. The van der Waals surface area contributed by atoms with Crippen molar-refractivity contribution in [2.75, 3.05) is 18.5 Å². The number of benzene rings is 1. The molecule has 3 N–H and O–H groups in total. The van der Waals surface area contributed by atoms with Crippen molar-refractivity contribution in [2.24, 2.45) is 0 Å². The fourth-order valence-electron chi connectivity index (χ4n) is 1.79. The second-order valence-corrected chi connectivity index (χ2v) is 5.39. The van der Waals surface area contributed by atoms with Crippen LogP contribution in [0.1, 0.15) is 11.7 Å². The molecule has 0 spiro atoms. The van der Waals surface area contributed by atoms with Gasteiger partial charge in [0.15, 0.2) is 0 Å². The van der Waals surface area contributed by atoms with Gasteiger partial charge in [0.05, 0.1) is 11.8 Å². The van der Waals surface area contributed by atoms with Crippen LogP contribution in [0.4, 0.5) is 19.3 Å². The average Bonchev–Trinajstić information content (AvgIpc) is 3.06. The fraction of sp³-hybridized carbons (Fsp3) is 0.267. The minimum atomic E-state index is -2.60. The molecule has 0 aliphatic rings. The number of para-hydroxylation sites is 2. The average molecular weight is 342 g/mol. The monoisotopic (exact) mass is 342 g/mol. The molecule has 2 aromatic rings. The lowest BCUT2D eigenvalue weighted by Gasteiger charge is -2.14. The lowest BCUT2D eigenvalue weighted by atomic mass is 10.2. The summed E-state index contributed by atoms with van der Waals surface area (Å²) in [7, 11) is 0. The highest BCUT2D eigenvalue weighted by molar-refractivity contribution is 7.07. The first-order valence-corrected chi connectivity index (χ1v) is 7.75. The van der Waals surface area contributed by atoms with Crippen LogP contribution >= 0.6 is 11.3 Å². The number of hydrogen-bond acceptors (Lipinski definition) is 4. The smallest absolute Gasteiger partial charge is 0.319 e. The first kappa shape index (κ1) is 17.2. The Balaban J connectivity index is 1.87. The largest absolute Gasteiger partial charge is 0.485 e. The van der Waals surface area contributed by atoms with Gasteiger partial charge < -0.3 is 20.5 Å². The normalized spacial score (nSPS) is 12.0. The number of rotatable bonds is 7. The Hall–Kier alpha value is -2.19. The van der Waals surface area contributed by atoms with Crippen LogP contribution in [-0.2, 0) is 0 Å². The van der Waals surface area contributed by atoms with Crippen LogP contribution < -0.4 is 15.4 Å². The summed E-state index contributed by atoms with van der Waals surface area (Å²) in [4.78, 5) is 11.8. The number of carbonyl (C=O) groups is 1. The minimum absolute atomic E-state index is 0.0304. The van der Waals surface area contributed by atoms with Crippen molar-refractivity contribution in [3.63, 3.8) is 0 Å². The maximum absolute atomic E-state index is 12.2. The highest BCUT2D eigenvalue weighted by atomic mass is 32.1. The van der Waals surface area contributed by atoms with Gasteiger partial charge in [-0.2, -0.15) is 11.3 Å². The number of ether oxygens (including phenoxy) is 1. The van der Waals surface area contributed by atoms with Crippen LogP contribution in [0.2, 0.25) is 0 Å². The first-order chi connectivity index (χ1) is 11.1. The van der Waals surface area contributed by atoms with Crippen LogP contribution in [-0.4, -0.2) is 30.7 Å². The third kappa shape index (κ3) is 5.50. The second-order valence-electron chi connectivity index (χ2n) is 4.61. The van der Waals surface area contributed by atoms with Crippen LogP contribution in [0, 0.1) is 0 Å². The number of aliphatic hydroxyl groups is 1. The SMILES string of the molecule is O=C(NCC(O)c1ccsc1)Nc1ccccc1OCC(F)F. The van der Waals surface area contributed by atoms with E-state index in [9.17, 15) is 18.7 Å². The van der Waals surface area contributed by atoms with Crippen LogP contribution in [0.5, 0.6) is 5.75 Å². The molecule has 0 aliphatic carbocycles. The van der Waals surface area contributed by atoms with E-state index in [1.165, 1.54) is 23.5 Å². The van der Waals surface area contributed by atoms with Crippen molar-refractivity contribution in [3.8, 4) is 5.75 Å². The summed E-state index contributed by atoms with van der Waals surface area (Å²) in [5, 5.41) is 18.5. The molecular weight excluding hydrogens is 326 g/mol. The molecule has 0 bridgehead atoms. The lowest BCUT2D eigenvalue weighted by molar-refractivity contribution is 0.0822. The Bertz CT molecular complexity index is 623. The summed E-state index contributed by atoms with van der Waals surface area (Å²) < 4.78 is 29.4. The number of carbonyl (C=O) groups excluding carboxylic acids is 1. The van der Waals surface area contributed by atoms with E-state index < -0.39 is 25.2 Å². The highest BCUT2D eigenvalue weighted by Gasteiger charge is 2.12. The molecule has 23 heavy (non-hydrogen) atoms. The van der Waals surface area contributed by atoms with Gasteiger partial charge in [-0.25, -0.2) is 13.6 Å². The Morgan fingerprint density at radius 3 is 2.78 bits per heavy atom. The van der Waals surface area contributed by atoms with E-state index in [0.717, 1.165) is 5.56 Å². The summed E-state index contributed by atoms with van der Waals surface area (Å²) in [5.41, 5.74) is 0.992. The number of thiophene rings is 1. The molecule has 2 amide bonds. The summed E-state index contributed by atoms with van der Waals surface area (Å²) >= 11 is 1.45. The van der Waals surface area contributed by atoms with Crippen molar-refractivity contribution in [1.29, 1.82) is 0 Å². The molecule has 1 aromatic carbocycles. The van der Waals surface area contributed by atoms with E-state index in [-0.39, 0.29) is 18.0 Å². The topological polar surface area (TPSA) is 70.6 Å². The molecule has 0 saturated heterocycles. The molecule has 2 rings (SSSR count). The zero-order valence-electron chi connectivity index (χ0n) is 12.0. The fourth-order valence-corrected chi connectivity index (χ4v) is 2.49. The highest BCUT2D eigenvalue weighted by Crippen LogP contribution is 2.24. The predicted molar refractivity (Wildman–Crippen MR) is 84.2 cm³/mol. The molecule has 0 fully saturated rings. The number of urea groups is 1. The van der Waals surface area contributed by atoms with Gasteiger partial charge in [-0.3, -0.25) is 0 Å². The minimum Gasteiger partial charge on any atom is -0.485 e. The summed E-state index contributed by atoms with van der Waals surface area (Å²) in [5.74, 6) is 0.154. The van der Waals surface area contributed by atoms with Crippen molar-refractivity contribution >= 4 is 23.1 Å². The second kappa shape index (κ2) is 8.44. The predicted octanol–water partition coefficient (Wildman–Crippen LogP) is 3.25. The van der Waals surface area contributed by atoms with E-state index in [1.807, 2.05) is 5.38 Å². The van der Waals surface area contributed by atoms with Gasteiger partial charge in [-0.15, -0.1) is 0 Å². The number of alkyl halides is 2. The third-order valence-electron chi connectivity index (χ3n) is 2.88. The van der Waals surface area contributed by atoms with E-state index in [4.69, 9.17) is 4.74 Å². The molecule has 1 atom stereocenters. The van der Waals surface area contributed by atoms with Gasteiger partial charge in [0, 0.05) is 6.54 Å². The number of nitrogens with one attached hydrogen (secondary N) is 2. The Morgan fingerprint density at radius 2 is 2.09 bits per heavy atom. The zero-order chi connectivity index (χ0) is 16.7. The molecule has 0 saturated carbocycles. The van der Waals surface area contributed by atoms with Crippen LogP contribution in [0.15, 0.2) is 41.1 Å². The number of halogens is 2. The molecule has 0 radical (unpaired) electrons. The summed E-state index contributed by atoms with van der Waals surface area (Å²) in [6.07, 6.45) is -3.41. The van der Waals surface area contributed by atoms with Crippen molar-refractivity contribution < 1.29 is 23.4 Å². The number of aliphatic hydroxyl groups excluding tert-OH is 1. The third-order valence-corrected chi connectivity index (χ3v) is 3.59. The molecule has 124 valence electrons. The van der Waals surface area contributed by atoms with E-state index in [1.54, 1.807) is 23.6 Å². The van der Waals surface area contributed by atoms with Gasteiger partial charge >= 0.3 is 6.03 Å². The molecule has 1 unspecified atom stereocenters. The van der Waals surface area contributed by atoms with Crippen LogP contribution in [0.25, 0.3) is 0 Å². The maximum Gasteiger partial charge on any atom is 0.319 e. The Labute approximate surface area is 135 Å². The number of anilines is 1. The van der Waals surface area contributed by atoms with Gasteiger partial charge in [0.2, 0.25) is 0 Å². The Kier molecular flexibility index (Phi) is 6.30. The quantitative estimate of drug-likeness (QED) is 0.723. The van der Waals surface area contributed by atoms with E-state index in [2.05, 4.69) is 10.6 Å². The van der Waals surface area contributed by atoms with Gasteiger partial charge in [-0.05, 0) is 34.5 Å². The summed E-state index contributed by atoms with van der Waals surface area (Å²) in [6, 6.07) is 7.48. The lowest BCUT2D eigenvalue weighted by Crippen LogP contribution is -2.32. The van der Waals surface area contributed by atoms with E-state index in [0.29, 0.717) is 0 Å². The zero-order valence-corrected chi connectivity index (χ0v) is 12.9. The van der Waals surface area contributed by atoms with E-state index >= 15 is 0 Å². The van der Waals surface area contributed by atoms with Crippen molar-refractivity contribution in [2.45, 2.75) is 12.5 Å².